The second kappa shape index (κ2) is 20.6. The molecule has 0 aromatic rings. The predicted octanol–water partition coefficient (Wildman–Crippen LogP) is 4.67. The third kappa shape index (κ3) is 20.4. The first-order valence-electron chi connectivity index (χ1n) is 10.4. The van der Waals surface area contributed by atoms with Crippen LogP contribution in [0.15, 0.2) is 0 Å². The molecule has 0 spiro atoms. The van der Waals surface area contributed by atoms with E-state index in [0.717, 1.165) is 89.6 Å². The first-order valence-corrected chi connectivity index (χ1v) is 10.4. The van der Waals surface area contributed by atoms with Gasteiger partial charge in [0.1, 0.15) is 12.6 Å². The van der Waals surface area contributed by atoms with Crippen LogP contribution in [-0.4, -0.2) is 31.3 Å². The molecule has 0 aliphatic carbocycles. The highest BCUT2D eigenvalue weighted by atomic mass is 16.7. The summed E-state index contributed by atoms with van der Waals surface area (Å²) in [6.07, 6.45) is 15.6. The molecule has 0 aromatic heterocycles. The molecule has 27 heavy (non-hydrogen) atoms. The lowest BCUT2D eigenvalue weighted by molar-refractivity contribution is -0.167. The normalized spacial score (nSPS) is 10.4. The molecule has 156 valence electrons. The zero-order chi connectivity index (χ0) is 20.0. The van der Waals surface area contributed by atoms with Crippen LogP contribution in [0.2, 0.25) is 0 Å². The van der Waals surface area contributed by atoms with E-state index in [9.17, 15) is 19.2 Å². The third-order valence-corrected chi connectivity index (χ3v) is 4.35. The summed E-state index contributed by atoms with van der Waals surface area (Å²) >= 11 is 0. The Morgan fingerprint density at radius 3 is 1.22 bits per heavy atom. The van der Waals surface area contributed by atoms with E-state index in [1.165, 1.54) is 0 Å². The van der Waals surface area contributed by atoms with Crippen LogP contribution in [0.3, 0.4) is 0 Å². The molecule has 0 aliphatic rings. The van der Waals surface area contributed by atoms with E-state index in [1.807, 2.05) is 0 Å². The Balaban J connectivity index is 3.33. The SMILES string of the molecule is O=CCCCCCCCCC(=O)OCOC(=O)CCCCCCCCC=O. The number of aldehydes is 2. The molecule has 0 heterocycles. The molecule has 0 aromatic carbocycles. The van der Waals surface area contributed by atoms with Crippen molar-refractivity contribution in [2.45, 2.75) is 103 Å². The molecule has 0 saturated heterocycles. The predicted molar refractivity (Wildman–Crippen MR) is 103 cm³/mol. The molecule has 6 nitrogen and oxygen atoms in total. The fraction of sp³-hybridized carbons (Fsp3) is 0.810. The molecule has 0 unspecified atom stereocenters. The third-order valence-electron chi connectivity index (χ3n) is 4.35. The highest BCUT2D eigenvalue weighted by molar-refractivity contribution is 5.70. The van der Waals surface area contributed by atoms with Gasteiger partial charge >= 0.3 is 11.9 Å². The molecule has 0 atom stereocenters. The molecular weight excluding hydrogens is 348 g/mol. The second-order valence-electron chi connectivity index (χ2n) is 6.80. The topological polar surface area (TPSA) is 86.7 Å². The molecular formula is C21H36O6. The molecule has 0 amide bonds. The summed E-state index contributed by atoms with van der Waals surface area (Å²) in [7, 11) is 0. The maximum atomic E-state index is 11.5. The van der Waals surface area contributed by atoms with Crippen molar-refractivity contribution in [1.29, 1.82) is 0 Å². The number of hydrogen-bond donors (Lipinski definition) is 0. The lowest BCUT2D eigenvalue weighted by atomic mass is 10.1. The van der Waals surface area contributed by atoms with E-state index in [1.54, 1.807) is 0 Å². The van der Waals surface area contributed by atoms with Crippen LogP contribution >= 0.6 is 0 Å². The van der Waals surface area contributed by atoms with E-state index in [0.29, 0.717) is 25.7 Å². The summed E-state index contributed by atoms with van der Waals surface area (Å²) in [5.41, 5.74) is 0. The van der Waals surface area contributed by atoms with Crippen molar-refractivity contribution in [2.75, 3.05) is 6.79 Å². The van der Waals surface area contributed by atoms with E-state index >= 15 is 0 Å². The maximum Gasteiger partial charge on any atom is 0.308 e. The van der Waals surface area contributed by atoms with Crippen LogP contribution in [0, 0.1) is 0 Å². The maximum absolute atomic E-state index is 11.5. The summed E-state index contributed by atoms with van der Waals surface area (Å²) in [6, 6.07) is 0. The molecule has 0 rings (SSSR count). The average molecular weight is 385 g/mol. The van der Waals surface area contributed by atoms with Gasteiger partial charge in [0.15, 0.2) is 0 Å². The molecule has 0 N–H and O–H groups in total. The van der Waals surface area contributed by atoms with Gasteiger partial charge in [-0.25, -0.2) is 0 Å². The lowest BCUT2D eigenvalue weighted by Gasteiger charge is -2.06. The van der Waals surface area contributed by atoms with Crippen molar-refractivity contribution in [3.63, 3.8) is 0 Å². The van der Waals surface area contributed by atoms with Crippen molar-refractivity contribution >= 4 is 24.5 Å². The van der Waals surface area contributed by atoms with Gasteiger partial charge in [0, 0.05) is 25.7 Å². The minimum absolute atomic E-state index is 0.297. The van der Waals surface area contributed by atoms with Crippen molar-refractivity contribution in [2.24, 2.45) is 0 Å². The van der Waals surface area contributed by atoms with Crippen LogP contribution in [0.25, 0.3) is 0 Å². The van der Waals surface area contributed by atoms with Crippen molar-refractivity contribution in [3.8, 4) is 0 Å². The minimum atomic E-state index is -0.334. The Labute approximate surface area is 163 Å². The smallest absolute Gasteiger partial charge is 0.308 e. The standard InChI is InChI=1S/C21H36O6/c22-17-13-9-5-1-3-7-11-15-20(24)26-19-27-21(25)16-12-8-4-2-6-10-14-18-23/h17-18H,1-16,19H2. The summed E-state index contributed by atoms with van der Waals surface area (Å²) in [5, 5.41) is 0. The zero-order valence-corrected chi connectivity index (χ0v) is 16.6. The fourth-order valence-electron chi connectivity index (χ4n) is 2.71. The Morgan fingerprint density at radius 1 is 0.519 bits per heavy atom. The second-order valence-corrected chi connectivity index (χ2v) is 6.80. The van der Waals surface area contributed by atoms with E-state index < -0.39 is 0 Å². The Kier molecular flexibility index (Phi) is 19.3. The van der Waals surface area contributed by atoms with Gasteiger partial charge in [-0.1, -0.05) is 51.4 Å². The largest absolute Gasteiger partial charge is 0.428 e. The molecule has 0 fully saturated rings. The van der Waals surface area contributed by atoms with E-state index in [2.05, 4.69) is 0 Å². The van der Waals surface area contributed by atoms with Crippen LogP contribution in [-0.2, 0) is 28.7 Å². The van der Waals surface area contributed by atoms with Gasteiger partial charge in [-0.05, 0) is 25.7 Å². The van der Waals surface area contributed by atoms with E-state index in [-0.39, 0.29) is 18.7 Å². The van der Waals surface area contributed by atoms with Gasteiger partial charge in [-0.15, -0.1) is 0 Å². The number of carbonyl (C=O) groups is 4. The number of rotatable bonds is 20. The lowest BCUT2D eigenvalue weighted by Crippen LogP contribution is -2.12. The van der Waals surface area contributed by atoms with Gasteiger partial charge in [0.2, 0.25) is 6.79 Å². The number of carbonyl (C=O) groups excluding carboxylic acids is 4. The fourth-order valence-corrected chi connectivity index (χ4v) is 2.71. The number of hydrogen-bond acceptors (Lipinski definition) is 6. The van der Waals surface area contributed by atoms with Crippen LogP contribution in [0.4, 0.5) is 0 Å². The number of esters is 2. The van der Waals surface area contributed by atoms with Crippen LogP contribution in [0.1, 0.15) is 103 Å². The first-order chi connectivity index (χ1) is 13.2. The molecule has 0 bridgehead atoms. The highest BCUT2D eigenvalue weighted by Crippen LogP contribution is 2.10. The Hall–Kier alpha value is -1.72. The summed E-state index contributed by atoms with van der Waals surface area (Å²) < 4.78 is 9.81. The van der Waals surface area contributed by atoms with Crippen molar-refractivity contribution in [3.05, 3.63) is 0 Å². The van der Waals surface area contributed by atoms with Crippen LogP contribution in [0.5, 0.6) is 0 Å². The molecule has 0 saturated carbocycles. The van der Waals surface area contributed by atoms with Gasteiger partial charge in [0.25, 0.3) is 0 Å². The van der Waals surface area contributed by atoms with Gasteiger partial charge < -0.3 is 19.1 Å². The molecule has 6 heteroatoms. The van der Waals surface area contributed by atoms with Crippen LogP contribution < -0.4 is 0 Å². The highest BCUT2D eigenvalue weighted by Gasteiger charge is 2.06. The number of unbranched alkanes of at least 4 members (excludes halogenated alkanes) is 12. The first kappa shape index (κ1) is 25.3. The average Bonchev–Trinajstić information content (AvgIpc) is 2.66. The summed E-state index contributed by atoms with van der Waals surface area (Å²) in [5.74, 6) is -0.668. The van der Waals surface area contributed by atoms with Crippen molar-refractivity contribution in [1.82, 2.24) is 0 Å². The van der Waals surface area contributed by atoms with Gasteiger partial charge in [-0.2, -0.15) is 0 Å². The van der Waals surface area contributed by atoms with Crippen molar-refractivity contribution < 1.29 is 28.7 Å². The van der Waals surface area contributed by atoms with Gasteiger partial charge in [-0.3, -0.25) is 9.59 Å². The monoisotopic (exact) mass is 384 g/mol. The zero-order valence-electron chi connectivity index (χ0n) is 16.6. The Morgan fingerprint density at radius 2 is 0.852 bits per heavy atom. The molecule has 0 radical (unpaired) electrons. The summed E-state index contributed by atoms with van der Waals surface area (Å²) in [6.45, 7) is -0.297. The molecule has 0 aliphatic heterocycles. The van der Waals surface area contributed by atoms with E-state index in [4.69, 9.17) is 9.47 Å². The minimum Gasteiger partial charge on any atom is -0.428 e. The Bertz CT molecular complexity index is 358. The number of ether oxygens (including phenoxy) is 2. The summed E-state index contributed by atoms with van der Waals surface area (Å²) in [4.78, 5) is 43.4. The van der Waals surface area contributed by atoms with Gasteiger partial charge in [0.05, 0.1) is 0 Å². The quantitative estimate of drug-likeness (QED) is 0.131.